The Bertz CT molecular complexity index is 568. The first-order chi connectivity index (χ1) is 8.07. The lowest BCUT2D eigenvalue weighted by molar-refractivity contribution is 0.559. The van der Waals surface area contributed by atoms with Crippen LogP contribution in [-0.4, -0.2) is 16.1 Å². The lowest BCUT2D eigenvalue weighted by atomic mass is 10.0. The first kappa shape index (κ1) is 10.8. The highest BCUT2D eigenvalue weighted by molar-refractivity contribution is 5.81. The topological polar surface area (TPSA) is 43.8 Å². The van der Waals surface area contributed by atoms with Gasteiger partial charge in [0.25, 0.3) is 0 Å². The lowest BCUT2D eigenvalue weighted by Crippen LogP contribution is -2.05. The molecule has 2 aromatic rings. The summed E-state index contributed by atoms with van der Waals surface area (Å²) in [4.78, 5) is 4.44. The molecule has 3 rings (SSSR count). The number of aromatic nitrogens is 2. The fraction of sp³-hybridized carbons (Fsp3) is 0.500. The number of nitrogens with zero attached hydrogens (tertiary/aromatic N) is 2. The molecule has 2 N–H and O–H groups in total. The van der Waals surface area contributed by atoms with Crippen molar-refractivity contribution in [2.24, 2.45) is 24.1 Å². The van der Waals surface area contributed by atoms with Gasteiger partial charge in [0.05, 0.1) is 0 Å². The maximum Gasteiger partial charge on any atom is 0.139 e. The summed E-state index contributed by atoms with van der Waals surface area (Å²) >= 11 is 0. The third-order valence-electron chi connectivity index (χ3n) is 4.40. The van der Waals surface area contributed by atoms with E-state index in [0.29, 0.717) is 17.3 Å². The van der Waals surface area contributed by atoms with E-state index in [1.165, 1.54) is 10.9 Å². The van der Waals surface area contributed by atoms with Crippen LogP contribution in [0.3, 0.4) is 0 Å². The molecule has 90 valence electrons. The van der Waals surface area contributed by atoms with E-state index in [2.05, 4.69) is 42.7 Å². The molecule has 1 fully saturated rings. The molecule has 0 radical (unpaired) electrons. The van der Waals surface area contributed by atoms with Crippen molar-refractivity contribution in [3.8, 4) is 0 Å². The van der Waals surface area contributed by atoms with Crippen LogP contribution in [-0.2, 0) is 7.05 Å². The van der Waals surface area contributed by atoms with E-state index in [-0.39, 0.29) is 0 Å². The van der Waals surface area contributed by atoms with Crippen LogP contribution < -0.4 is 5.73 Å². The number of fused-ring (bicyclic) bond motifs is 1. The molecule has 0 aromatic carbocycles. The van der Waals surface area contributed by atoms with E-state index in [1.54, 1.807) is 0 Å². The van der Waals surface area contributed by atoms with Gasteiger partial charge in [0.1, 0.15) is 5.65 Å². The van der Waals surface area contributed by atoms with Crippen molar-refractivity contribution in [3.05, 3.63) is 30.1 Å². The first-order valence-corrected chi connectivity index (χ1v) is 6.17. The largest absolute Gasteiger partial charge is 0.335 e. The summed E-state index contributed by atoms with van der Waals surface area (Å²) in [5.74, 6) is 1.19. The average Bonchev–Trinajstić information content (AvgIpc) is 2.70. The Kier molecular flexibility index (Phi) is 2.11. The Balaban J connectivity index is 2.14. The summed E-state index contributed by atoms with van der Waals surface area (Å²) in [7, 11) is 2.06. The maximum absolute atomic E-state index is 5.87. The van der Waals surface area contributed by atoms with Crippen LogP contribution in [0.5, 0.6) is 0 Å². The lowest BCUT2D eigenvalue weighted by Gasteiger charge is -2.00. The number of nitrogens with two attached hydrogens (primary N) is 1. The van der Waals surface area contributed by atoms with Gasteiger partial charge in [-0.2, -0.15) is 0 Å². The van der Waals surface area contributed by atoms with Crippen molar-refractivity contribution in [2.45, 2.75) is 19.8 Å². The summed E-state index contributed by atoms with van der Waals surface area (Å²) in [6.07, 6.45) is 4.07. The molecule has 3 nitrogen and oxygen atoms in total. The third-order valence-corrected chi connectivity index (χ3v) is 4.40. The molecule has 0 saturated heterocycles. The van der Waals surface area contributed by atoms with Gasteiger partial charge in [-0.3, -0.25) is 0 Å². The van der Waals surface area contributed by atoms with Gasteiger partial charge in [0.2, 0.25) is 0 Å². The van der Waals surface area contributed by atoms with Crippen molar-refractivity contribution in [1.82, 2.24) is 9.55 Å². The molecule has 0 unspecified atom stereocenters. The fourth-order valence-corrected chi connectivity index (χ4v) is 3.29. The minimum Gasteiger partial charge on any atom is -0.335 e. The average molecular weight is 229 g/mol. The fourth-order valence-electron chi connectivity index (χ4n) is 3.29. The predicted molar refractivity (Wildman–Crippen MR) is 69.8 cm³/mol. The highest BCUT2D eigenvalue weighted by Gasteiger charge is 2.57. The number of pyridine rings is 1. The van der Waals surface area contributed by atoms with Crippen molar-refractivity contribution >= 4 is 11.0 Å². The predicted octanol–water partition coefficient (Wildman–Crippen LogP) is 2.27. The van der Waals surface area contributed by atoms with E-state index in [4.69, 9.17) is 5.73 Å². The zero-order chi connectivity index (χ0) is 12.2. The van der Waals surface area contributed by atoms with Crippen LogP contribution in [0.25, 0.3) is 11.0 Å². The number of hydrogen-bond donors (Lipinski definition) is 1. The molecule has 2 aromatic heterocycles. The second-order valence-electron chi connectivity index (χ2n) is 5.71. The molecule has 0 spiro atoms. The van der Waals surface area contributed by atoms with Gasteiger partial charge in [-0.1, -0.05) is 13.8 Å². The van der Waals surface area contributed by atoms with E-state index >= 15 is 0 Å². The zero-order valence-corrected chi connectivity index (χ0v) is 10.6. The van der Waals surface area contributed by atoms with E-state index < -0.39 is 0 Å². The Morgan fingerprint density at radius 1 is 1.47 bits per heavy atom. The minimum absolute atomic E-state index is 0.332. The van der Waals surface area contributed by atoms with Crippen LogP contribution >= 0.6 is 0 Å². The molecular weight excluding hydrogens is 210 g/mol. The SMILES string of the molecule is Cn1cc([C@H]2[C@H](CN)C2(C)C)c2cccnc21. The van der Waals surface area contributed by atoms with Crippen LogP contribution in [0.4, 0.5) is 0 Å². The summed E-state index contributed by atoms with van der Waals surface area (Å²) in [6, 6.07) is 4.18. The molecule has 1 aliphatic carbocycles. The molecule has 17 heavy (non-hydrogen) atoms. The second-order valence-corrected chi connectivity index (χ2v) is 5.71. The Morgan fingerprint density at radius 3 is 2.88 bits per heavy atom. The Morgan fingerprint density at radius 2 is 2.24 bits per heavy atom. The normalized spacial score (nSPS) is 26.4. The van der Waals surface area contributed by atoms with Gasteiger partial charge in [-0.25, -0.2) is 4.98 Å². The van der Waals surface area contributed by atoms with Crippen LogP contribution in [0.15, 0.2) is 24.5 Å². The summed E-state index contributed by atoms with van der Waals surface area (Å²) in [5, 5.41) is 1.28. The molecule has 2 heterocycles. The molecule has 3 heteroatoms. The minimum atomic E-state index is 0.332. The molecule has 0 amide bonds. The molecule has 0 bridgehead atoms. The highest BCUT2D eigenvalue weighted by atomic mass is 15.0. The van der Waals surface area contributed by atoms with Gasteiger partial charge < -0.3 is 10.3 Å². The van der Waals surface area contributed by atoms with Crippen molar-refractivity contribution in [2.75, 3.05) is 6.54 Å². The Labute approximate surface area is 102 Å². The van der Waals surface area contributed by atoms with Gasteiger partial charge in [-0.05, 0) is 41.5 Å². The van der Waals surface area contributed by atoms with Crippen LogP contribution in [0, 0.1) is 11.3 Å². The molecule has 1 saturated carbocycles. The van der Waals surface area contributed by atoms with E-state index in [0.717, 1.165) is 12.2 Å². The van der Waals surface area contributed by atoms with Gasteiger partial charge in [-0.15, -0.1) is 0 Å². The van der Waals surface area contributed by atoms with E-state index in [1.807, 2.05) is 12.3 Å². The first-order valence-electron chi connectivity index (χ1n) is 6.17. The summed E-state index contributed by atoms with van der Waals surface area (Å²) in [6.45, 7) is 5.39. The maximum atomic E-state index is 5.87. The quantitative estimate of drug-likeness (QED) is 0.858. The van der Waals surface area contributed by atoms with Crippen molar-refractivity contribution in [1.29, 1.82) is 0 Å². The summed E-state index contributed by atoms with van der Waals surface area (Å²) < 4.78 is 2.12. The monoisotopic (exact) mass is 229 g/mol. The number of hydrogen-bond acceptors (Lipinski definition) is 2. The van der Waals surface area contributed by atoms with Crippen molar-refractivity contribution in [3.63, 3.8) is 0 Å². The highest BCUT2D eigenvalue weighted by Crippen LogP contribution is 2.64. The van der Waals surface area contributed by atoms with Crippen LogP contribution in [0.1, 0.15) is 25.3 Å². The number of rotatable bonds is 2. The molecule has 0 aliphatic heterocycles. The smallest absolute Gasteiger partial charge is 0.139 e. The van der Waals surface area contributed by atoms with Crippen molar-refractivity contribution < 1.29 is 0 Å². The standard InChI is InChI=1S/C14H19N3/c1-14(2)11(7-15)12(14)10-8-17(3)13-9(10)5-4-6-16-13/h4-6,8,11-12H,7,15H2,1-3H3/t11-,12-/m0/s1. The summed E-state index contributed by atoms with van der Waals surface area (Å²) in [5.41, 5.74) is 8.68. The molecule has 2 atom stereocenters. The second kappa shape index (κ2) is 3.33. The van der Waals surface area contributed by atoms with Gasteiger partial charge in [0, 0.05) is 24.8 Å². The molecule has 1 aliphatic rings. The van der Waals surface area contributed by atoms with E-state index in [9.17, 15) is 0 Å². The number of aryl methyl sites for hydroxylation is 1. The molecular formula is C14H19N3. The van der Waals surface area contributed by atoms with Crippen LogP contribution in [0.2, 0.25) is 0 Å². The van der Waals surface area contributed by atoms with Gasteiger partial charge in [0.15, 0.2) is 0 Å². The van der Waals surface area contributed by atoms with Gasteiger partial charge >= 0.3 is 0 Å². The zero-order valence-electron chi connectivity index (χ0n) is 10.6. The Hall–Kier alpha value is -1.35. The third kappa shape index (κ3) is 1.35.